The van der Waals surface area contributed by atoms with Crippen LogP contribution in [0.1, 0.15) is 43.0 Å². The predicted octanol–water partition coefficient (Wildman–Crippen LogP) is 1.38. The lowest BCUT2D eigenvalue weighted by atomic mass is 10.1. The van der Waals surface area contributed by atoms with Crippen molar-refractivity contribution in [3.8, 4) is 0 Å². The Balaban J connectivity index is 1.46. The number of carbonyl (C=O) groups excluding carboxylic acids is 2. The van der Waals surface area contributed by atoms with Gasteiger partial charge >= 0.3 is 0 Å². The second-order valence-corrected chi connectivity index (χ2v) is 6.17. The van der Waals surface area contributed by atoms with Gasteiger partial charge in [0.05, 0.1) is 0 Å². The quantitative estimate of drug-likeness (QED) is 0.826. The van der Waals surface area contributed by atoms with Crippen LogP contribution in [0, 0.1) is 0 Å². The van der Waals surface area contributed by atoms with Crippen molar-refractivity contribution in [2.24, 2.45) is 0 Å². The Morgan fingerprint density at radius 1 is 1.28 bits per heavy atom. The lowest BCUT2D eigenvalue weighted by molar-refractivity contribution is -0.128. The first-order valence-electron chi connectivity index (χ1n) is 8.63. The number of nitrogens with one attached hydrogen (secondary N) is 2. The normalized spacial score (nSPS) is 17.6. The molecule has 7 nitrogen and oxygen atoms in total. The van der Waals surface area contributed by atoms with Crippen LogP contribution in [0.3, 0.4) is 0 Å². The minimum Gasteiger partial charge on any atom is -0.354 e. The molecule has 0 saturated carbocycles. The SMILES string of the molecule is O=C(CCc1nc(Cc2ccccc2)no1)N[C@@H]1CCCCNC1=O. The summed E-state index contributed by atoms with van der Waals surface area (Å²) in [5.74, 6) is 0.759. The lowest BCUT2D eigenvalue weighted by Crippen LogP contribution is -2.45. The van der Waals surface area contributed by atoms with Gasteiger partial charge in [0.15, 0.2) is 5.82 Å². The van der Waals surface area contributed by atoms with Gasteiger partial charge in [-0.05, 0) is 24.8 Å². The summed E-state index contributed by atoms with van der Waals surface area (Å²) in [6.07, 6.45) is 3.73. The molecular weight excluding hydrogens is 320 g/mol. The molecule has 2 heterocycles. The van der Waals surface area contributed by atoms with E-state index in [0.717, 1.165) is 18.4 Å². The maximum atomic E-state index is 12.1. The van der Waals surface area contributed by atoms with E-state index in [1.54, 1.807) is 0 Å². The van der Waals surface area contributed by atoms with Gasteiger partial charge in [-0.1, -0.05) is 35.5 Å². The Kier molecular flexibility index (Phi) is 5.77. The molecule has 0 bridgehead atoms. The number of aromatic nitrogens is 2. The van der Waals surface area contributed by atoms with Crippen LogP contribution in [0.2, 0.25) is 0 Å². The van der Waals surface area contributed by atoms with Crippen molar-refractivity contribution in [1.29, 1.82) is 0 Å². The van der Waals surface area contributed by atoms with Gasteiger partial charge in [0.2, 0.25) is 17.7 Å². The van der Waals surface area contributed by atoms with E-state index in [-0.39, 0.29) is 18.2 Å². The van der Waals surface area contributed by atoms with Crippen molar-refractivity contribution in [1.82, 2.24) is 20.8 Å². The summed E-state index contributed by atoms with van der Waals surface area (Å²) in [6, 6.07) is 9.45. The molecule has 0 unspecified atom stereocenters. The van der Waals surface area contributed by atoms with E-state index < -0.39 is 6.04 Å². The highest BCUT2D eigenvalue weighted by Crippen LogP contribution is 2.09. The van der Waals surface area contributed by atoms with E-state index in [0.29, 0.717) is 37.5 Å². The van der Waals surface area contributed by atoms with E-state index in [2.05, 4.69) is 20.8 Å². The monoisotopic (exact) mass is 342 g/mol. The molecule has 7 heteroatoms. The van der Waals surface area contributed by atoms with E-state index >= 15 is 0 Å². The first kappa shape index (κ1) is 17.1. The van der Waals surface area contributed by atoms with Crippen LogP contribution in [0.4, 0.5) is 0 Å². The highest BCUT2D eigenvalue weighted by Gasteiger charge is 2.22. The molecule has 1 aliphatic heterocycles. The molecule has 2 N–H and O–H groups in total. The van der Waals surface area contributed by atoms with Crippen LogP contribution in [-0.4, -0.2) is 34.5 Å². The number of aryl methyl sites for hydroxylation is 1. The Hall–Kier alpha value is -2.70. The lowest BCUT2D eigenvalue weighted by Gasteiger charge is -2.14. The maximum Gasteiger partial charge on any atom is 0.242 e. The predicted molar refractivity (Wildman–Crippen MR) is 90.7 cm³/mol. The van der Waals surface area contributed by atoms with Gasteiger partial charge in [-0.3, -0.25) is 9.59 Å². The molecule has 0 radical (unpaired) electrons. The minimum absolute atomic E-state index is 0.103. The van der Waals surface area contributed by atoms with E-state index in [1.165, 1.54) is 0 Å². The fraction of sp³-hybridized carbons (Fsp3) is 0.444. The molecule has 1 fully saturated rings. The molecule has 0 spiro atoms. The van der Waals surface area contributed by atoms with Gasteiger partial charge in [-0.15, -0.1) is 0 Å². The molecule has 1 atom stereocenters. The summed E-state index contributed by atoms with van der Waals surface area (Å²) in [5.41, 5.74) is 1.10. The summed E-state index contributed by atoms with van der Waals surface area (Å²) in [5, 5.41) is 9.54. The topological polar surface area (TPSA) is 97.1 Å². The zero-order valence-corrected chi connectivity index (χ0v) is 14.0. The van der Waals surface area contributed by atoms with Gasteiger partial charge in [-0.2, -0.15) is 4.98 Å². The molecule has 132 valence electrons. The summed E-state index contributed by atoms with van der Waals surface area (Å²) >= 11 is 0. The number of amides is 2. The zero-order chi connectivity index (χ0) is 17.5. The van der Waals surface area contributed by atoms with Gasteiger partial charge in [-0.25, -0.2) is 0 Å². The first-order chi connectivity index (χ1) is 12.2. The molecule has 2 amide bonds. The standard InChI is InChI=1S/C18H22N4O3/c23-16(20-14-8-4-5-11-19-18(14)24)9-10-17-21-15(22-25-17)12-13-6-2-1-3-7-13/h1-3,6-7,14H,4-5,8-12H2,(H,19,24)(H,20,23)/t14-/m1/s1. The fourth-order valence-corrected chi connectivity index (χ4v) is 2.81. The van der Waals surface area contributed by atoms with Gasteiger partial charge in [0.25, 0.3) is 0 Å². The van der Waals surface area contributed by atoms with E-state index in [9.17, 15) is 9.59 Å². The van der Waals surface area contributed by atoms with Gasteiger partial charge in [0.1, 0.15) is 6.04 Å². The largest absolute Gasteiger partial charge is 0.354 e. The Morgan fingerprint density at radius 2 is 2.12 bits per heavy atom. The Bertz CT molecular complexity index is 714. The number of nitrogens with zero attached hydrogens (tertiary/aromatic N) is 2. The van der Waals surface area contributed by atoms with Gasteiger partial charge < -0.3 is 15.2 Å². The second-order valence-electron chi connectivity index (χ2n) is 6.17. The average molecular weight is 342 g/mol. The van der Waals surface area contributed by atoms with Crippen molar-refractivity contribution in [3.05, 3.63) is 47.6 Å². The van der Waals surface area contributed by atoms with Crippen molar-refractivity contribution < 1.29 is 14.1 Å². The third kappa shape index (κ3) is 5.14. The number of rotatable bonds is 6. The summed E-state index contributed by atoms with van der Waals surface area (Å²) in [4.78, 5) is 28.2. The summed E-state index contributed by atoms with van der Waals surface area (Å²) in [7, 11) is 0. The highest BCUT2D eigenvalue weighted by atomic mass is 16.5. The van der Waals surface area contributed by atoms with Crippen molar-refractivity contribution >= 4 is 11.8 Å². The van der Waals surface area contributed by atoms with Crippen LogP contribution >= 0.6 is 0 Å². The Morgan fingerprint density at radius 3 is 2.96 bits per heavy atom. The fourth-order valence-electron chi connectivity index (χ4n) is 2.81. The molecule has 1 saturated heterocycles. The smallest absolute Gasteiger partial charge is 0.242 e. The van der Waals surface area contributed by atoms with Gasteiger partial charge in [0, 0.05) is 25.8 Å². The van der Waals surface area contributed by atoms with Crippen LogP contribution < -0.4 is 10.6 Å². The average Bonchev–Trinajstić information content (AvgIpc) is 2.97. The van der Waals surface area contributed by atoms with Crippen LogP contribution in [0.5, 0.6) is 0 Å². The molecular formula is C18H22N4O3. The van der Waals surface area contributed by atoms with Crippen LogP contribution in [0.25, 0.3) is 0 Å². The first-order valence-corrected chi connectivity index (χ1v) is 8.63. The molecule has 3 rings (SSSR count). The second kappa shape index (κ2) is 8.41. The van der Waals surface area contributed by atoms with Crippen molar-refractivity contribution in [2.45, 2.75) is 44.6 Å². The number of benzene rings is 1. The third-order valence-corrected chi connectivity index (χ3v) is 4.15. The molecule has 1 aromatic heterocycles. The molecule has 2 aromatic rings. The van der Waals surface area contributed by atoms with E-state index in [1.807, 2.05) is 30.3 Å². The minimum atomic E-state index is -0.439. The third-order valence-electron chi connectivity index (χ3n) is 4.15. The van der Waals surface area contributed by atoms with E-state index in [4.69, 9.17) is 4.52 Å². The van der Waals surface area contributed by atoms with Crippen LogP contribution in [0.15, 0.2) is 34.9 Å². The maximum absolute atomic E-state index is 12.1. The molecule has 1 aromatic carbocycles. The Labute approximate surface area is 146 Å². The van der Waals surface area contributed by atoms with Crippen molar-refractivity contribution in [2.75, 3.05) is 6.54 Å². The summed E-state index contributed by atoms with van der Waals surface area (Å²) in [6.45, 7) is 0.678. The number of hydrogen-bond donors (Lipinski definition) is 2. The summed E-state index contributed by atoms with van der Waals surface area (Å²) < 4.78 is 5.20. The van der Waals surface area contributed by atoms with Crippen LogP contribution in [-0.2, 0) is 22.4 Å². The zero-order valence-electron chi connectivity index (χ0n) is 14.0. The number of carbonyl (C=O) groups is 2. The number of hydrogen-bond acceptors (Lipinski definition) is 5. The molecule has 0 aliphatic carbocycles. The molecule has 1 aliphatic rings. The molecule has 25 heavy (non-hydrogen) atoms. The highest BCUT2D eigenvalue weighted by molar-refractivity contribution is 5.87. The van der Waals surface area contributed by atoms with Crippen molar-refractivity contribution in [3.63, 3.8) is 0 Å².